The Morgan fingerprint density at radius 1 is 0.826 bits per heavy atom. The van der Waals surface area contributed by atoms with E-state index in [1.165, 1.54) is 46.0 Å². The number of phenolic OH excluding ortho intramolecular Hbond substituents is 1. The average molecular weight is 961 g/mol. The van der Waals surface area contributed by atoms with Crippen LogP contribution >= 0.6 is 0 Å². The molecule has 2 aliphatic heterocycles. The van der Waals surface area contributed by atoms with Crippen molar-refractivity contribution in [3.05, 3.63) is 77.5 Å². The lowest BCUT2D eigenvalue weighted by Crippen LogP contribution is -2.64. The van der Waals surface area contributed by atoms with Crippen molar-refractivity contribution in [1.82, 2.24) is 41.7 Å². The van der Waals surface area contributed by atoms with E-state index in [9.17, 15) is 53.4 Å². The maximum atomic E-state index is 15.0. The van der Waals surface area contributed by atoms with Gasteiger partial charge >= 0.3 is 5.97 Å². The predicted octanol–water partition coefficient (Wildman–Crippen LogP) is 0.835. The lowest BCUT2D eigenvalue weighted by Gasteiger charge is -2.43. The molecule has 20 heteroatoms. The minimum Gasteiger partial charge on any atom is -0.508 e. The van der Waals surface area contributed by atoms with Gasteiger partial charge in [0.05, 0.1) is 0 Å². The number of ether oxygens (including phenoxy) is 1. The zero-order valence-corrected chi connectivity index (χ0v) is 40.7. The molecule has 2 fully saturated rings. The van der Waals surface area contributed by atoms with Gasteiger partial charge in [0.2, 0.25) is 35.4 Å². The molecule has 69 heavy (non-hydrogen) atoms. The maximum absolute atomic E-state index is 15.0. The molecule has 8 amide bonds. The highest BCUT2D eigenvalue weighted by Gasteiger charge is 2.45. The number of aliphatic hydroxyl groups is 1. The van der Waals surface area contributed by atoms with Crippen molar-refractivity contribution in [1.29, 1.82) is 0 Å². The molecule has 2 aliphatic rings. The summed E-state index contributed by atoms with van der Waals surface area (Å²) in [5, 5.41) is 37.1. The molecule has 0 spiro atoms. The second kappa shape index (κ2) is 25.0. The number of esters is 1. The van der Waals surface area contributed by atoms with Crippen LogP contribution in [0.2, 0.25) is 0 Å². The number of nitrogens with zero attached hydrogens (tertiary/aromatic N) is 2. The number of carbonyl (C=O) groups is 9. The minimum atomic E-state index is -1.75. The van der Waals surface area contributed by atoms with Gasteiger partial charge in [-0.3, -0.25) is 38.4 Å². The van der Waals surface area contributed by atoms with Gasteiger partial charge in [-0.05, 0) is 75.1 Å². The van der Waals surface area contributed by atoms with Crippen LogP contribution in [0, 0.1) is 11.8 Å². The van der Waals surface area contributed by atoms with Crippen molar-refractivity contribution in [2.24, 2.45) is 11.8 Å². The molecule has 20 nitrogen and oxygen atoms in total. The molecule has 2 aromatic carbocycles. The monoisotopic (exact) mass is 960 g/mol. The third-order valence-electron chi connectivity index (χ3n) is 12.1. The van der Waals surface area contributed by atoms with E-state index < -0.39 is 114 Å². The summed E-state index contributed by atoms with van der Waals surface area (Å²) in [6, 6.07) is 5.03. The number of aromatic hydroxyl groups is 1. The normalized spacial score (nSPS) is 24.8. The third-order valence-corrected chi connectivity index (χ3v) is 12.1. The highest BCUT2D eigenvalue weighted by Crippen LogP contribution is 2.25. The highest BCUT2D eigenvalue weighted by molar-refractivity contribution is 6.03. The highest BCUT2D eigenvalue weighted by atomic mass is 16.5. The Kier molecular flexibility index (Phi) is 19.8. The topological polar surface area (TPSA) is 282 Å². The SMILES string of the molecule is C/C=C1\NC(=O)[C@@H](NC(=O)[C@@H](NC(=O)[C@H](C)NC(=O)CCC)C(C)C)[C@@H](C)OC(=O)[C@H](C(C)C)NC(=O)[C@H](Cc2ccc(O)cc2)N(C)C(=O)[C@H](Cc2ccccc2)N2C(=O)[C@H](CC[C@H]2O)NC1=O. The maximum Gasteiger partial charge on any atom is 0.329 e. The quantitative estimate of drug-likeness (QED) is 0.102. The summed E-state index contributed by atoms with van der Waals surface area (Å²) in [6.07, 6.45) is -1.44. The number of cyclic esters (lactones) is 1. The summed E-state index contributed by atoms with van der Waals surface area (Å²) in [5.41, 5.74) is 0.751. The number of rotatable bonds is 13. The lowest BCUT2D eigenvalue weighted by atomic mass is 9.95. The number of aliphatic hydroxyl groups excluding tert-OH is 1. The van der Waals surface area contributed by atoms with Gasteiger partial charge in [-0.25, -0.2) is 4.79 Å². The van der Waals surface area contributed by atoms with Crippen LogP contribution in [-0.2, 0) is 60.7 Å². The molecular weight excluding hydrogens is 893 g/mol. The van der Waals surface area contributed by atoms with Crippen molar-refractivity contribution in [2.45, 2.75) is 149 Å². The second-order valence-electron chi connectivity index (χ2n) is 18.2. The van der Waals surface area contributed by atoms with Crippen molar-refractivity contribution in [3.63, 3.8) is 0 Å². The number of benzene rings is 2. The summed E-state index contributed by atoms with van der Waals surface area (Å²) < 4.78 is 5.85. The molecular formula is C49H68N8O12. The second-order valence-corrected chi connectivity index (χ2v) is 18.2. The van der Waals surface area contributed by atoms with Gasteiger partial charge < -0.3 is 56.7 Å². The van der Waals surface area contributed by atoms with E-state index >= 15 is 0 Å². The summed E-state index contributed by atoms with van der Waals surface area (Å²) in [7, 11) is 1.36. The Morgan fingerprint density at radius 3 is 2.04 bits per heavy atom. The number of amides is 8. The number of phenols is 1. The zero-order chi connectivity index (χ0) is 51.3. The third kappa shape index (κ3) is 14.6. The standard InChI is InChI=1S/C49H68N8O12/c1-10-15-37(59)50-28(7)42(61)53-39(26(3)4)45(64)55-41-29(8)69-49(68)40(27(5)6)54-44(63)35(24-31-18-20-32(58)21-19-31)56(9)48(67)36(25-30-16-13-12-14-17-30)57-38(60)23-22-34(47(57)66)52-43(62)33(11-2)51-46(41)65/h11-14,16-21,26-29,34-36,38-41,58,60H,10,15,22-25H2,1-9H3,(H,50,59)(H,51,65)(H,52,62)(H,53,61)(H,54,63)(H,55,64)/b33-11-/t28-,29+,34-,35-,36-,38+,39-,40-,41-/m0/s1. The van der Waals surface area contributed by atoms with E-state index in [2.05, 4.69) is 31.9 Å². The van der Waals surface area contributed by atoms with Crippen LogP contribution in [0.4, 0.5) is 0 Å². The Balaban J connectivity index is 1.82. The molecule has 9 atom stereocenters. The minimum absolute atomic E-state index is 0.0522. The van der Waals surface area contributed by atoms with E-state index in [1.54, 1.807) is 77.1 Å². The van der Waals surface area contributed by atoms with Crippen LogP contribution < -0.4 is 31.9 Å². The van der Waals surface area contributed by atoms with Crippen LogP contribution in [0.25, 0.3) is 0 Å². The fourth-order valence-corrected chi connectivity index (χ4v) is 8.03. The lowest BCUT2D eigenvalue weighted by molar-refractivity contribution is -0.165. The Hall–Kier alpha value is -6.83. The van der Waals surface area contributed by atoms with Crippen molar-refractivity contribution in [2.75, 3.05) is 7.05 Å². The van der Waals surface area contributed by atoms with Crippen LogP contribution in [-0.4, -0.2) is 135 Å². The van der Waals surface area contributed by atoms with Crippen LogP contribution in [0.3, 0.4) is 0 Å². The van der Waals surface area contributed by atoms with Gasteiger partial charge in [-0.1, -0.05) is 83.2 Å². The molecule has 8 N–H and O–H groups in total. The van der Waals surface area contributed by atoms with Crippen LogP contribution in [0.15, 0.2) is 66.4 Å². The van der Waals surface area contributed by atoms with Crippen molar-refractivity contribution >= 4 is 53.2 Å². The first-order chi connectivity index (χ1) is 32.6. The summed E-state index contributed by atoms with van der Waals surface area (Å²) >= 11 is 0. The van der Waals surface area contributed by atoms with Gasteiger partial charge in [0.25, 0.3) is 11.8 Å². The van der Waals surface area contributed by atoms with Gasteiger partial charge in [-0.2, -0.15) is 0 Å². The summed E-state index contributed by atoms with van der Waals surface area (Å²) in [5.74, 6) is -8.62. The van der Waals surface area contributed by atoms with Crippen LogP contribution in [0.5, 0.6) is 5.75 Å². The number of hydrogen-bond donors (Lipinski definition) is 8. The van der Waals surface area contributed by atoms with Gasteiger partial charge in [0.1, 0.15) is 66.1 Å². The Morgan fingerprint density at radius 2 is 1.45 bits per heavy atom. The Labute approximate surface area is 402 Å². The molecule has 376 valence electrons. The molecule has 2 heterocycles. The summed E-state index contributed by atoms with van der Waals surface area (Å²) in [4.78, 5) is 128. The molecule has 0 unspecified atom stereocenters. The van der Waals surface area contributed by atoms with Gasteiger partial charge in [0, 0.05) is 26.3 Å². The molecule has 2 bridgehead atoms. The zero-order valence-electron chi connectivity index (χ0n) is 40.7. The van der Waals surface area contributed by atoms with Gasteiger partial charge in [-0.15, -0.1) is 0 Å². The molecule has 0 aromatic heterocycles. The molecule has 2 aromatic rings. The number of piperidine rings is 1. The number of fused-ring (bicyclic) bond motifs is 2. The van der Waals surface area contributed by atoms with Gasteiger partial charge in [0.15, 0.2) is 0 Å². The van der Waals surface area contributed by atoms with E-state index in [1.807, 2.05) is 0 Å². The molecule has 0 radical (unpaired) electrons. The number of likely N-dealkylation sites (N-methyl/N-ethyl adjacent to an activating group) is 1. The fraction of sp³-hybridized carbons (Fsp3) is 0.531. The fourth-order valence-electron chi connectivity index (χ4n) is 8.03. The van der Waals surface area contributed by atoms with E-state index in [-0.39, 0.29) is 49.5 Å². The molecule has 0 aliphatic carbocycles. The number of allylic oxidation sites excluding steroid dienone is 1. The first-order valence-corrected chi connectivity index (χ1v) is 23.4. The smallest absolute Gasteiger partial charge is 0.329 e. The van der Waals surface area contributed by atoms with Crippen LogP contribution in [0.1, 0.15) is 92.2 Å². The summed E-state index contributed by atoms with van der Waals surface area (Å²) in [6.45, 7) is 12.5. The van der Waals surface area contributed by atoms with E-state index in [0.717, 1.165) is 9.80 Å². The number of carbonyl (C=O) groups excluding carboxylic acids is 9. The molecule has 0 saturated carbocycles. The number of nitrogens with one attached hydrogen (secondary N) is 6. The number of hydrogen-bond acceptors (Lipinski definition) is 12. The Bertz CT molecular complexity index is 2220. The first-order valence-electron chi connectivity index (χ1n) is 23.4. The molecule has 4 rings (SSSR count). The average Bonchev–Trinajstić information content (AvgIpc) is 3.30. The van der Waals surface area contributed by atoms with E-state index in [4.69, 9.17) is 4.74 Å². The largest absolute Gasteiger partial charge is 0.508 e. The first kappa shape index (κ1) is 54.8. The van der Waals surface area contributed by atoms with Crippen molar-refractivity contribution in [3.8, 4) is 5.75 Å². The van der Waals surface area contributed by atoms with E-state index in [0.29, 0.717) is 17.5 Å². The molecule has 2 saturated heterocycles. The van der Waals surface area contributed by atoms with Crippen molar-refractivity contribution < 1.29 is 58.1 Å². The predicted molar refractivity (Wildman–Crippen MR) is 252 cm³/mol.